The molecular formula is C17H14B3N5O2. The number of nitrogens with one attached hydrogen (secondary N) is 1. The van der Waals surface area contributed by atoms with Gasteiger partial charge in [-0.3, -0.25) is 9.48 Å². The zero-order valence-corrected chi connectivity index (χ0v) is 14.7. The number of fused-ring (bicyclic) bond motifs is 1. The van der Waals surface area contributed by atoms with Crippen molar-refractivity contribution in [2.24, 2.45) is 7.05 Å². The highest BCUT2D eigenvalue weighted by molar-refractivity contribution is 6.58. The van der Waals surface area contributed by atoms with Crippen LogP contribution in [0.15, 0.2) is 35.0 Å². The van der Waals surface area contributed by atoms with Crippen molar-refractivity contribution in [3.8, 4) is 11.4 Å². The summed E-state index contributed by atoms with van der Waals surface area (Å²) in [6.45, 7) is 0. The maximum Gasteiger partial charge on any atom is 0.270 e. The number of hydrogen-bond donors (Lipinski definition) is 1. The van der Waals surface area contributed by atoms with Gasteiger partial charge in [-0.2, -0.15) is 10.1 Å². The van der Waals surface area contributed by atoms with Crippen molar-refractivity contribution in [2.75, 3.05) is 0 Å². The minimum absolute atomic E-state index is 0.0423. The number of rotatable bonds is 4. The molecule has 3 aromatic rings. The molecule has 0 aliphatic heterocycles. The van der Waals surface area contributed by atoms with E-state index in [1.807, 2.05) is 18.2 Å². The van der Waals surface area contributed by atoms with Crippen LogP contribution in [-0.2, 0) is 18.6 Å². The Morgan fingerprint density at radius 1 is 1.33 bits per heavy atom. The Bertz CT molecular complexity index is 1010. The summed E-state index contributed by atoms with van der Waals surface area (Å²) in [4.78, 5) is 16.6. The normalized spacial score (nSPS) is 16.3. The van der Waals surface area contributed by atoms with Gasteiger partial charge in [-0.1, -0.05) is 22.4 Å². The molecule has 4 rings (SSSR count). The molecule has 1 N–H and O–H groups in total. The SMILES string of the molecule is [B]C([B])([B])c1nc(-c2ccc3c(c2)CC[C@H]3NC(=O)c2ccnn2C)no1. The second-order valence-electron chi connectivity index (χ2n) is 6.67. The Morgan fingerprint density at radius 3 is 2.81 bits per heavy atom. The van der Waals surface area contributed by atoms with Gasteiger partial charge in [0.2, 0.25) is 11.7 Å². The molecule has 0 saturated carbocycles. The quantitative estimate of drug-likeness (QED) is 0.691. The summed E-state index contributed by atoms with van der Waals surface area (Å²) in [5, 5.41) is 9.30. The largest absolute Gasteiger partial charge is 0.344 e. The smallest absolute Gasteiger partial charge is 0.270 e. The molecule has 6 radical (unpaired) electrons. The van der Waals surface area contributed by atoms with E-state index in [0.717, 1.165) is 29.5 Å². The van der Waals surface area contributed by atoms with Crippen LogP contribution in [0.3, 0.4) is 0 Å². The second kappa shape index (κ2) is 6.44. The summed E-state index contributed by atoms with van der Waals surface area (Å²) in [5.74, 6) is 0.171. The first-order chi connectivity index (χ1) is 12.8. The highest BCUT2D eigenvalue weighted by Gasteiger charge is 2.26. The molecule has 1 aliphatic rings. The lowest BCUT2D eigenvalue weighted by atomic mass is 9.42. The number of aryl methyl sites for hydroxylation is 2. The van der Waals surface area contributed by atoms with Gasteiger partial charge < -0.3 is 9.84 Å². The number of nitrogens with zero attached hydrogens (tertiary/aromatic N) is 4. The van der Waals surface area contributed by atoms with Gasteiger partial charge in [-0.25, -0.2) is 0 Å². The lowest BCUT2D eigenvalue weighted by Gasteiger charge is -2.14. The van der Waals surface area contributed by atoms with Crippen LogP contribution in [0.1, 0.15) is 40.0 Å². The molecule has 10 heteroatoms. The maximum absolute atomic E-state index is 12.4. The lowest BCUT2D eigenvalue weighted by molar-refractivity contribution is 0.0927. The number of hydrogen-bond acceptors (Lipinski definition) is 5. The fourth-order valence-corrected chi connectivity index (χ4v) is 3.25. The Hall–Kier alpha value is -2.77. The molecule has 1 aromatic carbocycles. The van der Waals surface area contributed by atoms with Crippen molar-refractivity contribution < 1.29 is 9.32 Å². The Balaban J connectivity index is 1.55. The van der Waals surface area contributed by atoms with Crippen LogP contribution in [0.25, 0.3) is 11.4 Å². The van der Waals surface area contributed by atoms with Gasteiger partial charge >= 0.3 is 0 Å². The zero-order valence-electron chi connectivity index (χ0n) is 14.7. The van der Waals surface area contributed by atoms with E-state index < -0.39 is 5.11 Å². The van der Waals surface area contributed by atoms with Crippen molar-refractivity contribution >= 4 is 29.4 Å². The third-order valence-corrected chi connectivity index (χ3v) is 4.63. The standard InChI is InChI=1S/C17H14B3N5O2/c1-25-13(6-7-21-25)15(26)22-12-5-3-9-8-10(2-4-11(9)12)14-23-16(27-24-14)17(18,19)20/h2,4,6-8,12H,3,5H2,1H3,(H,22,26)/t12-/m1/s1. The van der Waals surface area contributed by atoms with Crippen molar-refractivity contribution in [2.45, 2.75) is 24.0 Å². The minimum Gasteiger partial charge on any atom is -0.344 e. The van der Waals surface area contributed by atoms with E-state index in [-0.39, 0.29) is 17.8 Å². The fourth-order valence-electron chi connectivity index (χ4n) is 3.25. The second-order valence-corrected chi connectivity index (χ2v) is 6.67. The first kappa shape index (κ1) is 17.6. The van der Waals surface area contributed by atoms with E-state index in [4.69, 9.17) is 28.1 Å². The van der Waals surface area contributed by atoms with Crippen LogP contribution < -0.4 is 5.32 Å². The third kappa shape index (κ3) is 3.31. The van der Waals surface area contributed by atoms with Gasteiger partial charge in [0.15, 0.2) is 0 Å². The van der Waals surface area contributed by atoms with E-state index in [9.17, 15) is 4.79 Å². The average molecular weight is 353 g/mol. The number of aromatic nitrogens is 4. The van der Waals surface area contributed by atoms with E-state index in [2.05, 4.69) is 20.6 Å². The van der Waals surface area contributed by atoms with Crippen molar-refractivity contribution in [1.82, 2.24) is 25.2 Å². The molecule has 2 aromatic heterocycles. The molecule has 0 spiro atoms. The summed E-state index contributed by atoms with van der Waals surface area (Å²) in [6, 6.07) is 7.44. The molecule has 1 aliphatic carbocycles. The van der Waals surface area contributed by atoms with E-state index >= 15 is 0 Å². The monoisotopic (exact) mass is 353 g/mol. The number of carbonyl (C=O) groups is 1. The molecule has 0 unspecified atom stereocenters. The lowest BCUT2D eigenvalue weighted by Crippen LogP contribution is -2.28. The third-order valence-electron chi connectivity index (χ3n) is 4.63. The Morgan fingerprint density at radius 2 is 2.15 bits per heavy atom. The van der Waals surface area contributed by atoms with Crippen LogP contribution >= 0.6 is 0 Å². The van der Waals surface area contributed by atoms with Crippen LogP contribution in [-0.4, -0.2) is 49.4 Å². The Labute approximate surface area is 160 Å². The number of benzene rings is 1. The van der Waals surface area contributed by atoms with E-state index in [0.29, 0.717) is 11.5 Å². The van der Waals surface area contributed by atoms with E-state index in [1.54, 1.807) is 24.0 Å². The first-order valence-corrected chi connectivity index (χ1v) is 8.46. The van der Waals surface area contributed by atoms with Crippen molar-refractivity contribution in [3.63, 3.8) is 0 Å². The molecule has 27 heavy (non-hydrogen) atoms. The molecule has 1 amide bonds. The summed E-state index contributed by atoms with van der Waals surface area (Å²) in [6.07, 6.45) is 3.25. The Kier molecular flexibility index (Phi) is 4.21. The number of carbonyl (C=O) groups excluding carboxylic acids is 1. The summed E-state index contributed by atoms with van der Waals surface area (Å²) >= 11 is 0. The summed E-state index contributed by atoms with van der Waals surface area (Å²) in [7, 11) is 18.4. The molecular weight excluding hydrogens is 339 g/mol. The molecule has 0 bridgehead atoms. The predicted octanol–water partition coefficient (Wildman–Crippen LogP) is 0.503. The van der Waals surface area contributed by atoms with Gasteiger partial charge in [-0.05, 0) is 36.1 Å². The summed E-state index contributed by atoms with van der Waals surface area (Å²) < 4.78 is 6.58. The molecule has 2 heterocycles. The highest BCUT2D eigenvalue weighted by atomic mass is 16.5. The van der Waals surface area contributed by atoms with Gasteiger partial charge in [-0.15, -0.1) is 0 Å². The van der Waals surface area contributed by atoms with Gasteiger partial charge in [0.1, 0.15) is 5.69 Å². The highest BCUT2D eigenvalue weighted by Crippen LogP contribution is 2.34. The molecule has 1 atom stereocenters. The average Bonchev–Trinajstić information content (AvgIpc) is 3.33. The molecule has 7 nitrogen and oxygen atoms in total. The minimum atomic E-state index is -1.68. The topological polar surface area (TPSA) is 85.8 Å². The van der Waals surface area contributed by atoms with Crippen LogP contribution in [0.5, 0.6) is 0 Å². The van der Waals surface area contributed by atoms with Crippen LogP contribution in [0.2, 0.25) is 0 Å². The van der Waals surface area contributed by atoms with Crippen molar-refractivity contribution in [3.05, 3.63) is 53.2 Å². The van der Waals surface area contributed by atoms with Crippen LogP contribution in [0, 0.1) is 0 Å². The van der Waals surface area contributed by atoms with Gasteiger partial charge in [0.05, 0.1) is 29.6 Å². The van der Waals surface area contributed by atoms with Gasteiger partial charge in [0.25, 0.3) is 5.91 Å². The number of amides is 1. The molecule has 0 saturated heterocycles. The van der Waals surface area contributed by atoms with E-state index in [1.165, 1.54) is 0 Å². The fraction of sp³-hybridized carbons (Fsp3) is 0.294. The first-order valence-electron chi connectivity index (χ1n) is 8.46. The van der Waals surface area contributed by atoms with Gasteiger partial charge in [0, 0.05) is 18.8 Å². The predicted molar refractivity (Wildman–Crippen MR) is 100 cm³/mol. The van der Waals surface area contributed by atoms with Crippen molar-refractivity contribution in [1.29, 1.82) is 0 Å². The maximum atomic E-state index is 12.4. The zero-order chi connectivity index (χ0) is 19.2. The molecule has 0 fully saturated rings. The summed E-state index contributed by atoms with van der Waals surface area (Å²) in [5.41, 5.74) is 3.48. The van der Waals surface area contributed by atoms with Crippen LogP contribution in [0.4, 0.5) is 0 Å². The molecule has 128 valence electrons.